The molecule has 3 heterocycles. The number of carbonyl (C=O) groups is 3. The third-order valence-electron chi connectivity index (χ3n) is 8.31. The van der Waals surface area contributed by atoms with Crippen LogP contribution < -0.4 is 0 Å². The Labute approximate surface area is 217 Å². The first kappa shape index (κ1) is 26.7. The summed E-state index contributed by atoms with van der Waals surface area (Å²) in [6, 6.07) is 8.18. The maximum Gasteiger partial charge on any atom is 0.308 e. The summed E-state index contributed by atoms with van der Waals surface area (Å²) in [6.07, 6.45) is 5.63. The Kier molecular flexibility index (Phi) is 8.15. The highest BCUT2D eigenvalue weighted by molar-refractivity contribution is 8.02. The maximum absolute atomic E-state index is 14.3. The van der Waals surface area contributed by atoms with Crippen molar-refractivity contribution in [2.45, 2.75) is 68.0 Å². The fourth-order valence-corrected chi connectivity index (χ4v) is 9.12. The summed E-state index contributed by atoms with van der Waals surface area (Å²) in [5.74, 6) is -3.00. The van der Waals surface area contributed by atoms with E-state index in [0.717, 1.165) is 24.8 Å². The predicted octanol–water partition coefficient (Wildman–Crippen LogP) is 3.22. The van der Waals surface area contributed by atoms with Crippen molar-refractivity contribution in [1.82, 2.24) is 9.80 Å². The third-order valence-corrected chi connectivity index (χ3v) is 10.4. The number of carboxylic acids is 1. The fourth-order valence-electron chi connectivity index (χ4n) is 6.72. The van der Waals surface area contributed by atoms with Crippen molar-refractivity contribution in [2.75, 3.05) is 19.7 Å². The molecule has 196 valence electrons. The van der Waals surface area contributed by atoms with Crippen molar-refractivity contribution in [3.8, 4) is 0 Å². The second-order valence-corrected chi connectivity index (χ2v) is 12.0. The Morgan fingerprint density at radius 2 is 2.03 bits per heavy atom. The quantitative estimate of drug-likeness (QED) is 0.328. The molecular formula is C28H38N2O5S. The molecule has 1 aromatic carbocycles. The number of likely N-dealkylation sites (tertiary alicyclic amines) is 1. The maximum atomic E-state index is 14.3. The van der Waals surface area contributed by atoms with Crippen LogP contribution in [0.2, 0.25) is 0 Å². The van der Waals surface area contributed by atoms with Gasteiger partial charge >= 0.3 is 5.97 Å². The van der Waals surface area contributed by atoms with Gasteiger partial charge in [0.1, 0.15) is 6.04 Å². The summed E-state index contributed by atoms with van der Waals surface area (Å²) in [6.45, 7) is 8.63. The molecule has 3 fully saturated rings. The average Bonchev–Trinajstić information content (AvgIpc) is 3.46. The minimum Gasteiger partial charge on any atom is -0.481 e. The lowest BCUT2D eigenvalue weighted by Gasteiger charge is -2.42. The molecule has 2 N–H and O–H groups in total. The summed E-state index contributed by atoms with van der Waals surface area (Å²) in [7, 11) is 0. The van der Waals surface area contributed by atoms with Gasteiger partial charge in [-0.1, -0.05) is 63.1 Å². The van der Waals surface area contributed by atoms with Crippen molar-refractivity contribution >= 4 is 29.5 Å². The molecular weight excluding hydrogens is 476 g/mol. The number of amides is 2. The normalized spacial score (nSPS) is 31.4. The van der Waals surface area contributed by atoms with Gasteiger partial charge in [0.15, 0.2) is 0 Å². The van der Waals surface area contributed by atoms with E-state index in [1.807, 2.05) is 30.3 Å². The number of thioether (sulfide) groups is 1. The van der Waals surface area contributed by atoms with Crippen LogP contribution in [0.5, 0.6) is 0 Å². The van der Waals surface area contributed by atoms with E-state index in [9.17, 15) is 24.6 Å². The number of nitrogens with zero attached hydrogens (tertiary/aromatic N) is 2. The first-order valence-corrected chi connectivity index (χ1v) is 14.0. The number of rotatable bonds is 12. The molecule has 0 radical (unpaired) electrons. The summed E-state index contributed by atoms with van der Waals surface area (Å²) in [4.78, 5) is 44.2. The van der Waals surface area contributed by atoms with Crippen LogP contribution in [0.3, 0.4) is 0 Å². The van der Waals surface area contributed by atoms with Crippen LogP contribution in [-0.4, -0.2) is 79.6 Å². The topological polar surface area (TPSA) is 98.2 Å². The van der Waals surface area contributed by atoms with Gasteiger partial charge in [0.05, 0.1) is 29.2 Å². The van der Waals surface area contributed by atoms with Gasteiger partial charge in [0, 0.05) is 18.3 Å². The van der Waals surface area contributed by atoms with Gasteiger partial charge in [0.25, 0.3) is 0 Å². The van der Waals surface area contributed by atoms with Gasteiger partial charge in [-0.15, -0.1) is 18.3 Å². The van der Waals surface area contributed by atoms with Crippen molar-refractivity contribution < 1.29 is 24.6 Å². The van der Waals surface area contributed by atoms with Crippen molar-refractivity contribution in [1.29, 1.82) is 0 Å². The first-order valence-electron chi connectivity index (χ1n) is 13.1. The second-order valence-electron chi connectivity index (χ2n) is 10.4. The second kappa shape index (κ2) is 11.0. The van der Waals surface area contributed by atoms with E-state index in [2.05, 4.69) is 20.4 Å². The smallest absolute Gasteiger partial charge is 0.308 e. The van der Waals surface area contributed by atoms with E-state index < -0.39 is 34.6 Å². The van der Waals surface area contributed by atoms with Crippen LogP contribution in [0.4, 0.5) is 0 Å². The van der Waals surface area contributed by atoms with Crippen LogP contribution >= 0.6 is 11.8 Å². The van der Waals surface area contributed by atoms with Gasteiger partial charge in [-0.25, -0.2) is 0 Å². The highest BCUT2D eigenvalue weighted by Crippen LogP contribution is 2.69. The van der Waals surface area contributed by atoms with Crippen molar-refractivity contribution in [2.24, 2.45) is 17.8 Å². The predicted molar refractivity (Wildman–Crippen MR) is 140 cm³/mol. The lowest BCUT2D eigenvalue weighted by atomic mass is 9.66. The summed E-state index contributed by atoms with van der Waals surface area (Å²) in [5.41, 5.74) is 0.954. The van der Waals surface area contributed by atoms with Gasteiger partial charge in [-0.05, 0) is 30.7 Å². The van der Waals surface area contributed by atoms with Gasteiger partial charge < -0.3 is 20.0 Å². The van der Waals surface area contributed by atoms with Gasteiger partial charge in [-0.3, -0.25) is 14.4 Å². The number of benzene rings is 1. The van der Waals surface area contributed by atoms with Crippen molar-refractivity contribution in [3.05, 3.63) is 48.6 Å². The van der Waals surface area contributed by atoms with Crippen LogP contribution in [0.1, 0.15) is 45.1 Å². The molecule has 3 aliphatic rings. The highest BCUT2D eigenvalue weighted by atomic mass is 32.2. The molecule has 7 atom stereocenters. The first-order chi connectivity index (χ1) is 17.3. The molecule has 8 heteroatoms. The molecule has 36 heavy (non-hydrogen) atoms. The largest absolute Gasteiger partial charge is 0.481 e. The lowest BCUT2D eigenvalue weighted by Crippen LogP contribution is -2.59. The SMILES string of the molecule is C=CCN(CCCCC)C(=O)C1N([C@@H](CO)Cc2ccccc2)C(=O)[C@@H]2[C@H](C(=O)O)[C@@H]3CC(C)C12S3. The molecule has 1 aromatic rings. The number of aliphatic carboxylic acids is 1. The molecule has 0 saturated carbocycles. The van der Waals surface area contributed by atoms with E-state index in [0.29, 0.717) is 25.9 Å². The third kappa shape index (κ3) is 4.36. The van der Waals surface area contributed by atoms with Crippen LogP contribution in [0.25, 0.3) is 0 Å². The molecule has 2 bridgehead atoms. The Morgan fingerprint density at radius 3 is 2.64 bits per heavy atom. The monoisotopic (exact) mass is 514 g/mol. The minimum atomic E-state index is -0.970. The number of aliphatic hydroxyl groups excluding tert-OH is 1. The molecule has 4 rings (SSSR count). The zero-order valence-corrected chi connectivity index (χ0v) is 22.0. The average molecular weight is 515 g/mol. The number of carboxylic acid groups (broad SMARTS) is 1. The number of fused-ring (bicyclic) bond motifs is 1. The number of carbonyl (C=O) groups excluding carboxylic acids is 2. The highest BCUT2D eigenvalue weighted by Gasteiger charge is 2.76. The van der Waals surface area contributed by atoms with E-state index in [1.54, 1.807) is 15.9 Å². The lowest BCUT2D eigenvalue weighted by molar-refractivity contribution is -0.150. The van der Waals surface area contributed by atoms with E-state index >= 15 is 0 Å². The van der Waals surface area contributed by atoms with E-state index in [1.165, 1.54) is 11.8 Å². The fraction of sp³-hybridized carbons (Fsp3) is 0.607. The zero-order chi connectivity index (χ0) is 26.0. The summed E-state index contributed by atoms with van der Waals surface area (Å²) in [5, 5.41) is 20.4. The minimum absolute atomic E-state index is 0.00768. The molecule has 0 aliphatic carbocycles. The standard InChI is InChI=1S/C28H38N2O5S/c1-4-6-10-14-29(13-5-2)26(33)24-28-18(3)15-21(36-28)22(27(34)35)23(28)25(32)30(24)20(17-31)16-19-11-8-7-9-12-19/h5,7-9,11-12,18,20-24,31H,2,4,6,10,13-17H2,1,3H3,(H,34,35)/t18?,20-,21+,22-,23+,24?,28?/m1/s1. The molecule has 3 aliphatic heterocycles. The Balaban J connectivity index is 1.78. The number of hydrogen-bond donors (Lipinski definition) is 2. The Hall–Kier alpha value is -2.32. The van der Waals surface area contributed by atoms with E-state index in [-0.39, 0.29) is 29.6 Å². The van der Waals surface area contributed by atoms with E-state index in [4.69, 9.17) is 0 Å². The molecule has 1 spiro atoms. The zero-order valence-electron chi connectivity index (χ0n) is 21.2. The van der Waals surface area contributed by atoms with Gasteiger partial charge in [0.2, 0.25) is 11.8 Å². The summed E-state index contributed by atoms with van der Waals surface area (Å²) >= 11 is 1.54. The Morgan fingerprint density at radius 1 is 1.31 bits per heavy atom. The molecule has 3 saturated heterocycles. The molecule has 7 nitrogen and oxygen atoms in total. The molecule has 2 amide bonds. The number of aliphatic hydroxyl groups is 1. The molecule has 3 unspecified atom stereocenters. The van der Waals surface area contributed by atoms with Crippen LogP contribution in [0.15, 0.2) is 43.0 Å². The van der Waals surface area contributed by atoms with Crippen molar-refractivity contribution in [3.63, 3.8) is 0 Å². The van der Waals surface area contributed by atoms with Gasteiger partial charge in [-0.2, -0.15) is 0 Å². The van der Waals surface area contributed by atoms with Crippen LogP contribution in [-0.2, 0) is 20.8 Å². The Bertz CT molecular complexity index is 987. The molecule has 0 aromatic heterocycles. The number of unbranched alkanes of at least 4 members (excludes halogenated alkanes) is 2. The number of hydrogen-bond acceptors (Lipinski definition) is 5. The van der Waals surface area contributed by atoms with Crippen LogP contribution in [0, 0.1) is 17.8 Å². The summed E-state index contributed by atoms with van der Waals surface area (Å²) < 4.78 is -0.809.